The summed E-state index contributed by atoms with van der Waals surface area (Å²) < 4.78 is 1.94. The van der Waals surface area contributed by atoms with Gasteiger partial charge in [-0.1, -0.05) is 18.2 Å². The first kappa shape index (κ1) is 20.2. The first-order valence-electron chi connectivity index (χ1n) is 11.8. The second-order valence-corrected chi connectivity index (χ2v) is 9.37. The molecular weight excluding hydrogens is 412 g/mol. The van der Waals surface area contributed by atoms with Crippen LogP contribution in [0.3, 0.4) is 0 Å². The van der Waals surface area contributed by atoms with Gasteiger partial charge in [0.15, 0.2) is 0 Å². The molecule has 1 N–H and O–H groups in total. The van der Waals surface area contributed by atoms with Crippen LogP contribution in [-0.2, 0) is 6.42 Å². The Morgan fingerprint density at radius 2 is 1.73 bits per heavy atom. The maximum atomic E-state index is 12.8. The second kappa shape index (κ2) is 8.48. The van der Waals surface area contributed by atoms with Crippen LogP contribution in [0.15, 0.2) is 67.4 Å². The minimum atomic E-state index is 0.182. The zero-order valence-corrected chi connectivity index (χ0v) is 18.6. The average molecular weight is 441 g/mol. The molecule has 2 saturated heterocycles. The molecule has 6 rings (SSSR count). The van der Waals surface area contributed by atoms with Crippen LogP contribution in [0.5, 0.6) is 0 Å². The number of aryl methyl sites for hydroxylation is 1. The Labute approximate surface area is 193 Å². The highest BCUT2D eigenvalue weighted by molar-refractivity contribution is 5.94. The van der Waals surface area contributed by atoms with E-state index >= 15 is 0 Å². The zero-order chi connectivity index (χ0) is 22.2. The van der Waals surface area contributed by atoms with Gasteiger partial charge in [-0.15, -0.1) is 10.2 Å². The van der Waals surface area contributed by atoms with E-state index in [1.807, 2.05) is 34.9 Å². The fourth-order valence-electron chi connectivity index (χ4n) is 5.56. The van der Waals surface area contributed by atoms with Crippen molar-refractivity contribution in [2.24, 2.45) is 11.8 Å². The van der Waals surface area contributed by atoms with E-state index < -0.39 is 0 Å². The van der Waals surface area contributed by atoms with E-state index in [4.69, 9.17) is 0 Å². The number of aromatic amines is 1. The number of aromatic nitrogens is 4. The van der Waals surface area contributed by atoms with E-state index in [1.165, 1.54) is 16.5 Å². The normalized spacial score (nSPS) is 20.5. The van der Waals surface area contributed by atoms with E-state index in [0.717, 1.165) is 56.8 Å². The van der Waals surface area contributed by atoms with Crippen molar-refractivity contribution in [3.8, 4) is 5.69 Å². The van der Waals surface area contributed by atoms with Gasteiger partial charge in [0.1, 0.15) is 12.7 Å². The van der Waals surface area contributed by atoms with Crippen LogP contribution in [0.1, 0.15) is 22.3 Å². The highest BCUT2D eigenvalue weighted by Crippen LogP contribution is 2.32. The van der Waals surface area contributed by atoms with E-state index in [0.29, 0.717) is 11.8 Å². The molecule has 2 aromatic heterocycles. The number of hydrogen-bond donors (Lipinski definition) is 1. The number of carbonyl (C=O) groups is 1. The molecule has 2 fully saturated rings. The number of benzene rings is 2. The van der Waals surface area contributed by atoms with Crippen molar-refractivity contribution in [2.45, 2.75) is 12.8 Å². The molecule has 4 aromatic rings. The first-order valence-corrected chi connectivity index (χ1v) is 11.8. The van der Waals surface area contributed by atoms with Gasteiger partial charge in [0.2, 0.25) is 0 Å². The SMILES string of the molecule is O=C(c1ccccc1)N1CC2CN(CCCc3c[nH]c4ccc(-n5cnnc5)cc34)CC2C1. The Morgan fingerprint density at radius 3 is 2.48 bits per heavy atom. The Balaban J connectivity index is 1.03. The summed E-state index contributed by atoms with van der Waals surface area (Å²) in [5.41, 5.74) is 4.41. The third-order valence-electron chi connectivity index (χ3n) is 7.26. The van der Waals surface area contributed by atoms with Gasteiger partial charge in [-0.25, -0.2) is 0 Å². The van der Waals surface area contributed by atoms with E-state index in [9.17, 15) is 4.79 Å². The number of hydrogen-bond acceptors (Lipinski definition) is 4. The molecule has 2 unspecified atom stereocenters. The van der Waals surface area contributed by atoms with E-state index in [1.54, 1.807) is 12.7 Å². The van der Waals surface area contributed by atoms with Crippen molar-refractivity contribution in [3.63, 3.8) is 0 Å². The van der Waals surface area contributed by atoms with Crippen molar-refractivity contribution in [2.75, 3.05) is 32.7 Å². The number of H-pyrrole nitrogens is 1. The standard InChI is InChI=1S/C26H28N6O/c33-26(19-5-2-1-3-6-19)31-15-21-13-30(14-22(21)16-31)10-4-7-20-12-27-25-9-8-23(11-24(20)25)32-17-28-29-18-32/h1-3,5-6,8-9,11-12,17-18,21-22,27H,4,7,10,13-16H2. The van der Waals surface area contributed by atoms with Crippen LogP contribution in [0, 0.1) is 11.8 Å². The van der Waals surface area contributed by atoms with Crippen LogP contribution in [0.4, 0.5) is 0 Å². The Bertz CT molecular complexity index is 1230. The second-order valence-electron chi connectivity index (χ2n) is 9.37. The van der Waals surface area contributed by atoms with Gasteiger partial charge in [-0.2, -0.15) is 0 Å². The predicted molar refractivity (Wildman–Crippen MR) is 127 cm³/mol. The third-order valence-corrected chi connectivity index (χ3v) is 7.26. The lowest BCUT2D eigenvalue weighted by atomic mass is 10.0. The highest BCUT2D eigenvalue weighted by atomic mass is 16.2. The van der Waals surface area contributed by atoms with Crippen LogP contribution in [0.2, 0.25) is 0 Å². The van der Waals surface area contributed by atoms with Crippen molar-refractivity contribution in [1.29, 1.82) is 0 Å². The summed E-state index contributed by atoms with van der Waals surface area (Å²) in [4.78, 5) is 20.8. The molecule has 0 saturated carbocycles. The average Bonchev–Trinajstić information content (AvgIpc) is 3.63. The van der Waals surface area contributed by atoms with Crippen molar-refractivity contribution in [3.05, 3.63) is 78.5 Å². The smallest absolute Gasteiger partial charge is 0.253 e. The lowest BCUT2D eigenvalue weighted by molar-refractivity contribution is 0.0774. The maximum absolute atomic E-state index is 12.8. The van der Waals surface area contributed by atoms with Gasteiger partial charge in [0.25, 0.3) is 5.91 Å². The first-order chi connectivity index (χ1) is 16.2. The number of rotatable bonds is 6. The molecule has 2 aromatic carbocycles. The zero-order valence-electron chi connectivity index (χ0n) is 18.6. The monoisotopic (exact) mass is 440 g/mol. The highest BCUT2D eigenvalue weighted by Gasteiger charge is 2.41. The quantitative estimate of drug-likeness (QED) is 0.499. The summed E-state index contributed by atoms with van der Waals surface area (Å²) in [6, 6.07) is 16.1. The molecule has 7 heteroatoms. The van der Waals surface area contributed by atoms with Gasteiger partial charge in [0, 0.05) is 54.5 Å². The number of nitrogens with one attached hydrogen (secondary N) is 1. The lowest BCUT2D eigenvalue weighted by Crippen LogP contribution is -2.33. The summed E-state index contributed by atoms with van der Waals surface area (Å²) in [5, 5.41) is 9.10. The minimum absolute atomic E-state index is 0.182. The fourth-order valence-corrected chi connectivity index (χ4v) is 5.56. The molecule has 7 nitrogen and oxygen atoms in total. The summed E-state index contributed by atoms with van der Waals surface area (Å²) >= 11 is 0. The molecule has 4 heterocycles. The Morgan fingerprint density at radius 1 is 0.970 bits per heavy atom. The van der Waals surface area contributed by atoms with Crippen molar-refractivity contribution >= 4 is 16.8 Å². The number of fused-ring (bicyclic) bond motifs is 2. The lowest BCUT2D eigenvalue weighted by Gasteiger charge is -2.21. The van der Waals surface area contributed by atoms with Gasteiger partial charge in [-0.05, 0) is 67.1 Å². The van der Waals surface area contributed by atoms with Gasteiger partial charge < -0.3 is 14.8 Å². The molecule has 2 aliphatic rings. The topological polar surface area (TPSA) is 70.1 Å². The fraction of sp³-hybridized carbons (Fsp3) is 0.346. The van der Waals surface area contributed by atoms with Crippen LogP contribution in [0.25, 0.3) is 16.6 Å². The van der Waals surface area contributed by atoms with E-state index in [2.05, 4.69) is 49.4 Å². The molecule has 2 aliphatic heterocycles. The third kappa shape index (κ3) is 3.93. The van der Waals surface area contributed by atoms with Crippen LogP contribution < -0.4 is 0 Å². The molecule has 0 spiro atoms. The summed E-state index contributed by atoms with van der Waals surface area (Å²) in [5.74, 6) is 1.40. The molecule has 0 aliphatic carbocycles. The molecule has 168 valence electrons. The molecule has 33 heavy (non-hydrogen) atoms. The van der Waals surface area contributed by atoms with Gasteiger partial charge in [0.05, 0.1) is 0 Å². The van der Waals surface area contributed by atoms with Crippen molar-refractivity contribution < 1.29 is 4.79 Å². The minimum Gasteiger partial charge on any atom is -0.361 e. The number of nitrogens with zero attached hydrogens (tertiary/aromatic N) is 5. The molecular formula is C26H28N6O. The number of carbonyl (C=O) groups excluding carboxylic acids is 1. The van der Waals surface area contributed by atoms with Gasteiger partial charge in [-0.3, -0.25) is 9.36 Å². The largest absolute Gasteiger partial charge is 0.361 e. The molecule has 1 amide bonds. The Hall–Kier alpha value is -3.45. The van der Waals surface area contributed by atoms with Crippen LogP contribution in [-0.4, -0.2) is 68.2 Å². The Kier molecular flexibility index (Phi) is 5.19. The van der Waals surface area contributed by atoms with E-state index in [-0.39, 0.29) is 5.91 Å². The van der Waals surface area contributed by atoms with Crippen molar-refractivity contribution in [1.82, 2.24) is 29.5 Å². The predicted octanol–water partition coefficient (Wildman–Crippen LogP) is 3.39. The molecule has 0 bridgehead atoms. The van der Waals surface area contributed by atoms with Gasteiger partial charge >= 0.3 is 0 Å². The summed E-state index contributed by atoms with van der Waals surface area (Å²) in [7, 11) is 0. The van der Waals surface area contributed by atoms with Crippen LogP contribution >= 0.6 is 0 Å². The molecule has 2 atom stereocenters. The maximum Gasteiger partial charge on any atom is 0.253 e. The number of likely N-dealkylation sites (tertiary alicyclic amines) is 2. The number of amides is 1. The summed E-state index contributed by atoms with van der Waals surface area (Å²) in [6.45, 7) is 5.10. The molecule has 0 radical (unpaired) electrons. The summed E-state index contributed by atoms with van der Waals surface area (Å²) in [6.07, 6.45) is 7.79.